The first kappa shape index (κ1) is 15.9. The highest BCUT2D eigenvalue weighted by atomic mass is 16.5. The third-order valence-electron chi connectivity index (χ3n) is 3.72. The number of imidazole rings is 1. The van der Waals surface area contributed by atoms with Gasteiger partial charge in [0.05, 0.1) is 24.9 Å². The van der Waals surface area contributed by atoms with Crippen LogP contribution in [-0.2, 0) is 16.0 Å². The molecule has 0 amide bonds. The van der Waals surface area contributed by atoms with Crippen LogP contribution in [0.4, 0.5) is 11.5 Å². The van der Waals surface area contributed by atoms with Crippen molar-refractivity contribution < 1.29 is 9.53 Å². The molecule has 0 bridgehead atoms. The maximum absolute atomic E-state index is 11.7. The second kappa shape index (κ2) is 6.62. The molecule has 0 atom stereocenters. The van der Waals surface area contributed by atoms with E-state index in [9.17, 15) is 4.79 Å². The summed E-state index contributed by atoms with van der Waals surface area (Å²) >= 11 is 0. The zero-order valence-electron chi connectivity index (χ0n) is 13.9. The van der Waals surface area contributed by atoms with Crippen molar-refractivity contribution >= 4 is 23.1 Å². The van der Waals surface area contributed by atoms with Crippen LogP contribution in [0.2, 0.25) is 0 Å². The number of pyridine rings is 1. The Morgan fingerprint density at radius 3 is 2.71 bits per heavy atom. The maximum atomic E-state index is 11.7. The van der Waals surface area contributed by atoms with Crippen molar-refractivity contribution in [3.05, 3.63) is 59.4 Å². The van der Waals surface area contributed by atoms with Crippen molar-refractivity contribution in [1.82, 2.24) is 9.38 Å². The van der Waals surface area contributed by atoms with Crippen molar-refractivity contribution in [2.24, 2.45) is 10.2 Å². The van der Waals surface area contributed by atoms with Gasteiger partial charge in [0.2, 0.25) is 0 Å². The molecule has 0 fully saturated rings. The summed E-state index contributed by atoms with van der Waals surface area (Å²) in [5.74, 6) is 0.185. The molecule has 0 saturated heterocycles. The van der Waals surface area contributed by atoms with Gasteiger partial charge in [0.25, 0.3) is 0 Å². The van der Waals surface area contributed by atoms with Crippen molar-refractivity contribution in [2.45, 2.75) is 20.3 Å². The topological polar surface area (TPSA) is 68.3 Å². The molecule has 2 aromatic heterocycles. The SMILES string of the molecule is COC(=O)Cc1nc2ccc(C)cn2c1N=Nc1ccccc1C. The molecule has 0 aliphatic rings. The summed E-state index contributed by atoms with van der Waals surface area (Å²) in [6.07, 6.45) is 1.98. The van der Waals surface area contributed by atoms with E-state index in [2.05, 4.69) is 15.2 Å². The van der Waals surface area contributed by atoms with E-state index in [1.165, 1.54) is 7.11 Å². The first-order chi connectivity index (χ1) is 11.6. The van der Waals surface area contributed by atoms with Crippen LogP contribution in [0.25, 0.3) is 5.65 Å². The van der Waals surface area contributed by atoms with Gasteiger partial charge in [-0.2, -0.15) is 0 Å². The predicted octanol–water partition coefficient (Wildman–Crippen LogP) is 4.08. The molecule has 6 heteroatoms. The van der Waals surface area contributed by atoms with Crippen molar-refractivity contribution in [3.8, 4) is 0 Å². The van der Waals surface area contributed by atoms with Crippen molar-refractivity contribution in [3.63, 3.8) is 0 Å². The molecule has 6 nitrogen and oxygen atoms in total. The molecule has 0 unspecified atom stereocenters. The number of carbonyl (C=O) groups excluding carboxylic acids is 1. The summed E-state index contributed by atoms with van der Waals surface area (Å²) in [6.45, 7) is 3.96. The number of rotatable bonds is 4. The summed E-state index contributed by atoms with van der Waals surface area (Å²) < 4.78 is 6.59. The third kappa shape index (κ3) is 3.17. The standard InChI is InChI=1S/C18H18N4O2/c1-12-8-9-16-19-15(10-17(23)24-3)18(22(16)11-12)21-20-14-7-5-4-6-13(14)2/h4-9,11H,10H2,1-3H3. The number of carbonyl (C=O) groups is 1. The summed E-state index contributed by atoms with van der Waals surface area (Å²) in [4.78, 5) is 16.1. The van der Waals surface area contributed by atoms with E-state index < -0.39 is 0 Å². The first-order valence-electron chi connectivity index (χ1n) is 7.60. The molecule has 0 radical (unpaired) electrons. The number of hydrogen-bond donors (Lipinski definition) is 0. The Labute approximate surface area is 139 Å². The monoisotopic (exact) mass is 322 g/mol. The lowest BCUT2D eigenvalue weighted by molar-refractivity contribution is -0.139. The van der Waals surface area contributed by atoms with Crippen LogP contribution >= 0.6 is 0 Å². The molecular weight excluding hydrogens is 304 g/mol. The third-order valence-corrected chi connectivity index (χ3v) is 3.72. The highest BCUT2D eigenvalue weighted by Crippen LogP contribution is 2.26. The smallest absolute Gasteiger partial charge is 0.311 e. The van der Waals surface area contributed by atoms with Crippen LogP contribution in [0, 0.1) is 13.8 Å². The van der Waals surface area contributed by atoms with Gasteiger partial charge in [-0.15, -0.1) is 10.2 Å². The van der Waals surface area contributed by atoms with Gasteiger partial charge in [-0.1, -0.05) is 24.3 Å². The minimum atomic E-state index is -0.359. The van der Waals surface area contributed by atoms with Crippen molar-refractivity contribution in [1.29, 1.82) is 0 Å². The lowest BCUT2D eigenvalue weighted by Gasteiger charge is -2.01. The molecule has 122 valence electrons. The van der Waals surface area contributed by atoms with Crippen LogP contribution in [0.15, 0.2) is 52.8 Å². The average molecular weight is 322 g/mol. The Kier molecular flexibility index (Phi) is 4.37. The Morgan fingerprint density at radius 1 is 1.17 bits per heavy atom. The fourth-order valence-corrected chi connectivity index (χ4v) is 2.40. The number of ether oxygens (including phenoxy) is 1. The molecule has 24 heavy (non-hydrogen) atoms. The zero-order valence-corrected chi connectivity index (χ0v) is 13.9. The van der Waals surface area contributed by atoms with Crippen LogP contribution in [0.5, 0.6) is 0 Å². The van der Waals surface area contributed by atoms with Gasteiger partial charge >= 0.3 is 5.97 Å². The highest BCUT2D eigenvalue weighted by molar-refractivity contribution is 5.74. The molecule has 3 aromatic rings. The molecule has 0 aliphatic carbocycles. The molecular formula is C18H18N4O2. The number of methoxy groups -OCH3 is 1. The molecule has 2 heterocycles. The largest absolute Gasteiger partial charge is 0.469 e. The van der Waals surface area contributed by atoms with Gasteiger partial charge in [-0.05, 0) is 37.1 Å². The van der Waals surface area contributed by atoms with Gasteiger partial charge in [0, 0.05) is 6.20 Å². The van der Waals surface area contributed by atoms with E-state index in [0.29, 0.717) is 11.5 Å². The molecule has 0 spiro atoms. The Balaban J connectivity index is 2.09. The number of hydrogen-bond acceptors (Lipinski definition) is 5. The summed E-state index contributed by atoms with van der Waals surface area (Å²) in [5, 5.41) is 8.71. The van der Waals surface area contributed by atoms with Crippen LogP contribution < -0.4 is 0 Å². The van der Waals surface area contributed by atoms with E-state index in [1.807, 2.05) is 60.8 Å². The second-order valence-corrected chi connectivity index (χ2v) is 5.56. The number of azo groups is 1. The van der Waals surface area contributed by atoms with Gasteiger partial charge < -0.3 is 4.74 Å². The summed E-state index contributed by atoms with van der Waals surface area (Å²) in [5.41, 5.74) is 4.14. The normalized spacial score (nSPS) is 11.3. The van der Waals surface area contributed by atoms with Crippen molar-refractivity contribution in [2.75, 3.05) is 7.11 Å². The highest BCUT2D eigenvalue weighted by Gasteiger charge is 2.16. The van der Waals surface area contributed by atoms with Gasteiger partial charge in [0.15, 0.2) is 5.82 Å². The Bertz CT molecular complexity index is 928. The van der Waals surface area contributed by atoms with E-state index >= 15 is 0 Å². The molecule has 1 aromatic carbocycles. The minimum absolute atomic E-state index is 0.0549. The van der Waals surface area contributed by atoms with Gasteiger partial charge in [-0.25, -0.2) is 4.98 Å². The fraction of sp³-hybridized carbons (Fsp3) is 0.222. The molecule has 0 N–H and O–H groups in total. The number of benzene rings is 1. The molecule has 3 rings (SSSR count). The zero-order chi connectivity index (χ0) is 17.1. The average Bonchev–Trinajstić information content (AvgIpc) is 2.90. The van der Waals surface area contributed by atoms with E-state index in [1.54, 1.807) is 0 Å². The first-order valence-corrected chi connectivity index (χ1v) is 7.60. The lowest BCUT2D eigenvalue weighted by atomic mass is 10.2. The quantitative estimate of drug-likeness (QED) is 0.537. The van der Waals surface area contributed by atoms with Crippen LogP contribution in [-0.4, -0.2) is 22.5 Å². The minimum Gasteiger partial charge on any atom is -0.469 e. The van der Waals surface area contributed by atoms with Gasteiger partial charge in [0.1, 0.15) is 5.65 Å². The predicted molar refractivity (Wildman–Crippen MR) is 91.0 cm³/mol. The van der Waals surface area contributed by atoms with Crippen LogP contribution in [0.1, 0.15) is 16.8 Å². The summed E-state index contributed by atoms with van der Waals surface area (Å²) in [6, 6.07) is 11.6. The summed E-state index contributed by atoms with van der Waals surface area (Å²) in [7, 11) is 1.36. The van der Waals surface area contributed by atoms with E-state index in [-0.39, 0.29) is 12.4 Å². The number of fused-ring (bicyclic) bond motifs is 1. The maximum Gasteiger partial charge on any atom is 0.311 e. The van der Waals surface area contributed by atoms with Crippen LogP contribution in [0.3, 0.4) is 0 Å². The van der Waals surface area contributed by atoms with E-state index in [0.717, 1.165) is 22.5 Å². The lowest BCUT2D eigenvalue weighted by Crippen LogP contribution is -2.04. The molecule has 0 aliphatic heterocycles. The number of esters is 1. The fourth-order valence-electron chi connectivity index (χ4n) is 2.40. The number of nitrogens with zero attached hydrogens (tertiary/aromatic N) is 4. The number of aromatic nitrogens is 2. The number of aryl methyl sites for hydroxylation is 2. The van der Waals surface area contributed by atoms with Gasteiger partial charge in [-0.3, -0.25) is 9.20 Å². The van der Waals surface area contributed by atoms with E-state index in [4.69, 9.17) is 4.74 Å². The Morgan fingerprint density at radius 2 is 1.96 bits per heavy atom. The Hall–Kier alpha value is -3.02. The molecule has 0 saturated carbocycles. The second-order valence-electron chi connectivity index (χ2n) is 5.56.